The Labute approximate surface area is 123 Å². The van der Waals surface area contributed by atoms with E-state index in [1.807, 2.05) is 42.5 Å². The third-order valence-electron chi connectivity index (χ3n) is 3.41. The summed E-state index contributed by atoms with van der Waals surface area (Å²) in [6, 6.07) is 15.9. The standard InChI is InChI=1S/C17H17N3O/c1-21-13-6-4-5-12(9-13)10-20-17-14-7-2-3-8-16(14)19-11-15(17)18/h2-9,11H,10,18H2,1H3,(H,19,20). The number of ether oxygens (including phenoxy) is 1. The van der Waals surface area contributed by atoms with E-state index in [9.17, 15) is 0 Å². The molecular weight excluding hydrogens is 262 g/mol. The molecule has 0 aliphatic heterocycles. The second kappa shape index (κ2) is 5.71. The predicted molar refractivity (Wildman–Crippen MR) is 86.5 cm³/mol. The Morgan fingerprint density at radius 3 is 2.86 bits per heavy atom. The third kappa shape index (κ3) is 2.74. The van der Waals surface area contributed by atoms with Gasteiger partial charge in [0.05, 0.1) is 30.2 Å². The van der Waals surface area contributed by atoms with Gasteiger partial charge in [-0.1, -0.05) is 30.3 Å². The highest BCUT2D eigenvalue weighted by Crippen LogP contribution is 2.28. The SMILES string of the molecule is COc1cccc(CNc2c(N)cnc3ccccc23)c1. The van der Waals surface area contributed by atoms with Crippen molar-refractivity contribution in [3.63, 3.8) is 0 Å². The first kappa shape index (κ1) is 13.2. The number of hydrogen-bond acceptors (Lipinski definition) is 4. The molecule has 4 heteroatoms. The van der Waals surface area contributed by atoms with Crippen LogP contribution in [0.1, 0.15) is 5.56 Å². The number of nitrogens with zero attached hydrogens (tertiary/aromatic N) is 1. The van der Waals surface area contributed by atoms with Gasteiger partial charge in [-0.2, -0.15) is 0 Å². The number of nitrogen functional groups attached to an aromatic ring is 1. The fourth-order valence-corrected chi connectivity index (χ4v) is 2.33. The molecule has 0 atom stereocenters. The van der Waals surface area contributed by atoms with E-state index >= 15 is 0 Å². The first-order valence-corrected chi connectivity index (χ1v) is 6.78. The number of fused-ring (bicyclic) bond motifs is 1. The van der Waals surface area contributed by atoms with Crippen LogP contribution in [0, 0.1) is 0 Å². The lowest BCUT2D eigenvalue weighted by Crippen LogP contribution is -2.04. The third-order valence-corrected chi connectivity index (χ3v) is 3.41. The molecule has 21 heavy (non-hydrogen) atoms. The van der Waals surface area contributed by atoms with Gasteiger partial charge >= 0.3 is 0 Å². The molecule has 4 nitrogen and oxygen atoms in total. The van der Waals surface area contributed by atoms with Crippen molar-refractivity contribution in [1.82, 2.24) is 4.98 Å². The van der Waals surface area contributed by atoms with Crippen LogP contribution in [0.3, 0.4) is 0 Å². The van der Waals surface area contributed by atoms with Crippen molar-refractivity contribution in [1.29, 1.82) is 0 Å². The van der Waals surface area contributed by atoms with Gasteiger partial charge in [-0.05, 0) is 23.8 Å². The van der Waals surface area contributed by atoms with Gasteiger partial charge in [0.2, 0.25) is 0 Å². The maximum absolute atomic E-state index is 6.06. The van der Waals surface area contributed by atoms with Crippen LogP contribution in [0.15, 0.2) is 54.7 Å². The number of anilines is 2. The van der Waals surface area contributed by atoms with Crippen LogP contribution in [-0.4, -0.2) is 12.1 Å². The molecular formula is C17H17N3O. The van der Waals surface area contributed by atoms with Gasteiger partial charge in [0, 0.05) is 11.9 Å². The molecule has 0 spiro atoms. The van der Waals surface area contributed by atoms with Gasteiger partial charge in [0.25, 0.3) is 0 Å². The van der Waals surface area contributed by atoms with Crippen LogP contribution in [-0.2, 0) is 6.54 Å². The van der Waals surface area contributed by atoms with Crippen LogP contribution >= 0.6 is 0 Å². The van der Waals surface area contributed by atoms with Crippen molar-refractivity contribution in [2.24, 2.45) is 0 Å². The van der Waals surface area contributed by atoms with Gasteiger partial charge in [-0.25, -0.2) is 0 Å². The average molecular weight is 279 g/mol. The van der Waals surface area contributed by atoms with Crippen LogP contribution in [0.2, 0.25) is 0 Å². The number of benzene rings is 2. The van der Waals surface area contributed by atoms with E-state index in [0.717, 1.165) is 27.9 Å². The molecule has 2 aromatic carbocycles. The lowest BCUT2D eigenvalue weighted by Gasteiger charge is -2.12. The van der Waals surface area contributed by atoms with Crippen molar-refractivity contribution < 1.29 is 4.74 Å². The second-order valence-electron chi connectivity index (χ2n) is 4.81. The summed E-state index contributed by atoms with van der Waals surface area (Å²) in [6.45, 7) is 0.676. The fourth-order valence-electron chi connectivity index (χ4n) is 2.33. The van der Waals surface area contributed by atoms with E-state index in [0.29, 0.717) is 12.2 Å². The Balaban J connectivity index is 1.89. The summed E-state index contributed by atoms with van der Waals surface area (Å²) in [7, 11) is 1.67. The normalized spacial score (nSPS) is 10.5. The molecule has 1 aromatic heterocycles. The smallest absolute Gasteiger partial charge is 0.119 e. The Morgan fingerprint density at radius 2 is 2.00 bits per heavy atom. The minimum atomic E-state index is 0.650. The molecule has 0 bridgehead atoms. The monoisotopic (exact) mass is 279 g/mol. The quantitative estimate of drug-likeness (QED) is 0.768. The molecule has 3 rings (SSSR count). The van der Waals surface area contributed by atoms with Crippen LogP contribution in [0.4, 0.5) is 11.4 Å². The molecule has 0 fully saturated rings. The molecule has 0 amide bonds. The zero-order chi connectivity index (χ0) is 14.7. The summed E-state index contributed by atoms with van der Waals surface area (Å²) in [5.74, 6) is 0.849. The summed E-state index contributed by atoms with van der Waals surface area (Å²) in [4.78, 5) is 4.34. The summed E-state index contributed by atoms with van der Waals surface area (Å²) < 4.78 is 5.24. The first-order chi connectivity index (χ1) is 10.3. The largest absolute Gasteiger partial charge is 0.497 e. The Kier molecular flexibility index (Phi) is 3.60. The fraction of sp³-hybridized carbons (Fsp3) is 0.118. The number of pyridine rings is 1. The van der Waals surface area contributed by atoms with Crippen molar-refractivity contribution in [3.8, 4) is 5.75 Å². The van der Waals surface area contributed by atoms with Crippen LogP contribution in [0.5, 0.6) is 5.75 Å². The molecule has 3 aromatic rings. The molecule has 0 aliphatic rings. The number of nitrogens with one attached hydrogen (secondary N) is 1. The number of methoxy groups -OCH3 is 1. The van der Waals surface area contributed by atoms with Crippen LogP contribution < -0.4 is 15.8 Å². The Morgan fingerprint density at radius 1 is 1.14 bits per heavy atom. The molecule has 0 saturated carbocycles. The minimum Gasteiger partial charge on any atom is -0.497 e. The van der Waals surface area contributed by atoms with Crippen molar-refractivity contribution in [3.05, 3.63) is 60.3 Å². The highest BCUT2D eigenvalue weighted by molar-refractivity contribution is 5.96. The molecule has 1 heterocycles. The molecule has 0 saturated heterocycles. The highest BCUT2D eigenvalue weighted by atomic mass is 16.5. The maximum Gasteiger partial charge on any atom is 0.119 e. The van der Waals surface area contributed by atoms with Gasteiger partial charge in [0.15, 0.2) is 0 Å². The van der Waals surface area contributed by atoms with Crippen LogP contribution in [0.25, 0.3) is 10.9 Å². The predicted octanol–water partition coefficient (Wildman–Crippen LogP) is 3.44. The number of aromatic nitrogens is 1. The molecule has 0 aliphatic carbocycles. The highest BCUT2D eigenvalue weighted by Gasteiger charge is 2.06. The minimum absolute atomic E-state index is 0.650. The van der Waals surface area contributed by atoms with E-state index in [1.54, 1.807) is 13.3 Å². The zero-order valence-electron chi connectivity index (χ0n) is 11.8. The second-order valence-corrected chi connectivity index (χ2v) is 4.81. The number of hydrogen-bond donors (Lipinski definition) is 2. The van der Waals surface area contributed by atoms with Gasteiger partial charge in [-0.3, -0.25) is 4.98 Å². The topological polar surface area (TPSA) is 60.2 Å². The summed E-state index contributed by atoms with van der Waals surface area (Å²) in [5, 5.41) is 4.43. The first-order valence-electron chi connectivity index (χ1n) is 6.78. The number of nitrogens with two attached hydrogens (primary N) is 1. The van der Waals surface area contributed by atoms with Crippen molar-refractivity contribution >= 4 is 22.3 Å². The lowest BCUT2D eigenvalue weighted by molar-refractivity contribution is 0.414. The summed E-state index contributed by atoms with van der Waals surface area (Å²) in [6.07, 6.45) is 1.69. The molecule has 0 radical (unpaired) electrons. The van der Waals surface area contributed by atoms with Crippen molar-refractivity contribution in [2.75, 3.05) is 18.2 Å². The van der Waals surface area contributed by atoms with E-state index in [1.165, 1.54) is 0 Å². The summed E-state index contributed by atoms with van der Waals surface area (Å²) in [5.41, 5.74) is 9.69. The van der Waals surface area contributed by atoms with E-state index in [4.69, 9.17) is 10.5 Å². The van der Waals surface area contributed by atoms with Crippen molar-refractivity contribution in [2.45, 2.75) is 6.54 Å². The Bertz CT molecular complexity index is 771. The maximum atomic E-state index is 6.06. The van der Waals surface area contributed by atoms with Gasteiger partial charge < -0.3 is 15.8 Å². The lowest BCUT2D eigenvalue weighted by atomic mass is 10.1. The number of para-hydroxylation sites is 1. The van der Waals surface area contributed by atoms with E-state index < -0.39 is 0 Å². The zero-order valence-corrected chi connectivity index (χ0v) is 11.8. The van der Waals surface area contributed by atoms with Gasteiger partial charge in [-0.15, -0.1) is 0 Å². The van der Waals surface area contributed by atoms with E-state index in [2.05, 4.69) is 16.4 Å². The number of rotatable bonds is 4. The average Bonchev–Trinajstić information content (AvgIpc) is 2.54. The van der Waals surface area contributed by atoms with Gasteiger partial charge in [0.1, 0.15) is 5.75 Å². The van der Waals surface area contributed by atoms with E-state index in [-0.39, 0.29) is 0 Å². The Hall–Kier alpha value is -2.75. The summed E-state index contributed by atoms with van der Waals surface area (Å²) >= 11 is 0. The molecule has 106 valence electrons. The molecule has 3 N–H and O–H groups in total. The molecule has 0 unspecified atom stereocenters.